The molecule has 0 aliphatic heterocycles. The molecule has 0 saturated heterocycles. The molecule has 0 fully saturated rings. The summed E-state index contributed by atoms with van der Waals surface area (Å²) in [4.78, 5) is 13.0. The Morgan fingerprint density at radius 2 is 1.24 bits per heavy atom. The molecule has 0 aromatic rings. The van der Waals surface area contributed by atoms with Gasteiger partial charge in [-0.05, 0) is 59.0 Å². The molecule has 0 rings (SSSR count). The van der Waals surface area contributed by atoms with Crippen molar-refractivity contribution in [1.29, 1.82) is 0 Å². The van der Waals surface area contributed by atoms with Gasteiger partial charge < -0.3 is 19.5 Å². The normalized spacial score (nSPS) is 13.7. The average Bonchev–Trinajstić information content (AvgIpc) is 2.81. The first-order valence-corrected chi connectivity index (χ1v) is 14.2. The Kier molecular flexibility index (Phi) is 24.5. The molecule has 5 nitrogen and oxygen atoms in total. The smallest absolute Gasteiger partial charge is 0.306 e. The van der Waals surface area contributed by atoms with E-state index in [2.05, 4.69) is 38.1 Å². The summed E-state index contributed by atoms with van der Waals surface area (Å²) in [7, 11) is 4.22. The maximum Gasteiger partial charge on any atom is 0.306 e. The van der Waals surface area contributed by atoms with Crippen molar-refractivity contribution < 1.29 is 19.4 Å². The number of ether oxygens (including phenoxy) is 2. The Balaban J connectivity index is 3.45. The highest BCUT2D eigenvalue weighted by Crippen LogP contribution is 2.11. The number of aliphatic carboxylic acids is 1. The van der Waals surface area contributed by atoms with Gasteiger partial charge in [-0.15, -0.1) is 0 Å². The fourth-order valence-electron chi connectivity index (χ4n) is 3.84. The van der Waals surface area contributed by atoms with Gasteiger partial charge in [0.15, 0.2) is 0 Å². The molecular weight excluding hydrogens is 426 g/mol. The summed E-state index contributed by atoms with van der Waals surface area (Å²) in [5.74, 6) is -0.884. The summed E-state index contributed by atoms with van der Waals surface area (Å²) < 4.78 is 11.8. The number of nitrogens with zero attached hydrogens (tertiary/aromatic N) is 1. The average molecular weight is 484 g/mol. The van der Waals surface area contributed by atoms with Crippen LogP contribution in [0.4, 0.5) is 0 Å². The summed E-state index contributed by atoms with van der Waals surface area (Å²) in [5, 5.41) is 8.87. The van der Waals surface area contributed by atoms with Crippen LogP contribution < -0.4 is 0 Å². The topological polar surface area (TPSA) is 59.0 Å². The standard InChI is InChI=1S/C29H57NO4/c1-5-6-7-17-20-23-33-25-28(30(3)4)26-34-24-21-18-15-13-11-9-8-10-12-14-16-19-22-27(2)29(31)32/h10,12,27-28H,5-9,11,13-26H2,1-4H3,(H,31,32)/b12-10-. The number of hydrogen-bond donors (Lipinski definition) is 1. The zero-order valence-electron chi connectivity index (χ0n) is 23.1. The van der Waals surface area contributed by atoms with Crippen LogP contribution in [-0.2, 0) is 14.3 Å². The van der Waals surface area contributed by atoms with Crippen LogP contribution in [0.2, 0.25) is 0 Å². The zero-order chi connectivity index (χ0) is 25.3. The second-order valence-corrected chi connectivity index (χ2v) is 10.1. The lowest BCUT2D eigenvalue weighted by atomic mass is 10.0. The van der Waals surface area contributed by atoms with Crippen LogP contribution in [0.3, 0.4) is 0 Å². The minimum absolute atomic E-state index is 0.209. The number of hydrogen-bond acceptors (Lipinski definition) is 4. The van der Waals surface area contributed by atoms with E-state index in [0.29, 0.717) is 6.04 Å². The van der Waals surface area contributed by atoms with Gasteiger partial charge in [-0.25, -0.2) is 0 Å². The third-order valence-electron chi connectivity index (χ3n) is 6.50. The third kappa shape index (κ3) is 22.9. The van der Waals surface area contributed by atoms with Crippen LogP contribution >= 0.6 is 0 Å². The van der Waals surface area contributed by atoms with Crippen LogP contribution in [0.5, 0.6) is 0 Å². The van der Waals surface area contributed by atoms with Gasteiger partial charge in [0.1, 0.15) is 0 Å². The Morgan fingerprint density at radius 1 is 0.765 bits per heavy atom. The number of rotatable bonds is 26. The molecule has 5 heteroatoms. The first kappa shape index (κ1) is 33.1. The van der Waals surface area contributed by atoms with Crippen LogP contribution in [-0.4, -0.2) is 62.5 Å². The molecule has 2 unspecified atom stereocenters. The molecule has 0 heterocycles. The first-order valence-electron chi connectivity index (χ1n) is 14.2. The number of unbranched alkanes of at least 4 members (excludes halogenated alkanes) is 12. The highest BCUT2D eigenvalue weighted by atomic mass is 16.5. The summed E-state index contributed by atoms with van der Waals surface area (Å²) in [6, 6.07) is 0.344. The van der Waals surface area contributed by atoms with E-state index in [9.17, 15) is 4.79 Å². The third-order valence-corrected chi connectivity index (χ3v) is 6.50. The monoisotopic (exact) mass is 483 g/mol. The molecule has 0 aliphatic rings. The Hall–Kier alpha value is -0.910. The molecule has 202 valence electrons. The van der Waals surface area contributed by atoms with Gasteiger partial charge in [0, 0.05) is 13.2 Å². The number of carboxylic acids is 1. The number of likely N-dealkylation sites (N-methyl/N-ethyl adjacent to an activating group) is 1. The molecule has 2 atom stereocenters. The highest BCUT2D eigenvalue weighted by molar-refractivity contribution is 5.69. The zero-order valence-corrected chi connectivity index (χ0v) is 23.1. The Morgan fingerprint density at radius 3 is 1.74 bits per heavy atom. The number of carbonyl (C=O) groups is 1. The second kappa shape index (κ2) is 25.2. The lowest BCUT2D eigenvalue weighted by Gasteiger charge is -2.24. The minimum atomic E-state index is -0.676. The van der Waals surface area contributed by atoms with E-state index in [4.69, 9.17) is 14.6 Å². The van der Waals surface area contributed by atoms with Crippen molar-refractivity contribution in [3.05, 3.63) is 12.2 Å². The predicted octanol–water partition coefficient (Wildman–Crippen LogP) is 7.49. The molecule has 0 amide bonds. The van der Waals surface area contributed by atoms with Gasteiger partial charge in [-0.1, -0.05) is 83.8 Å². The van der Waals surface area contributed by atoms with Gasteiger partial charge in [-0.3, -0.25) is 4.79 Å². The molecule has 34 heavy (non-hydrogen) atoms. The Labute approximate surface area is 211 Å². The van der Waals surface area contributed by atoms with Crippen molar-refractivity contribution in [2.45, 2.75) is 123 Å². The van der Waals surface area contributed by atoms with Gasteiger partial charge in [0.2, 0.25) is 0 Å². The molecule has 0 saturated carbocycles. The lowest BCUT2D eigenvalue weighted by Crippen LogP contribution is -2.37. The van der Waals surface area contributed by atoms with Crippen molar-refractivity contribution in [3.63, 3.8) is 0 Å². The second-order valence-electron chi connectivity index (χ2n) is 10.1. The van der Waals surface area contributed by atoms with E-state index >= 15 is 0 Å². The minimum Gasteiger partial charge on any atom is -0.481 e. The van der Waals surface area contributed by atoms with Gasteiger partial charge in [0.25, 0.3) is 0 Å². The molecule has 1 N–H and O–H groups in total. The van der Waals surface area contributed by atoms with E-state index in [1.165, 1.54) is 70.6 Å². The molecular formula is C29H57NO4. The summed E-state index contributed by atoms with van der Waals surface area (Å²) in [6.45, 7) is 7.29. The summed E-state index contributed by atoms with van der Waals surface area (Å²) in [5.41, 5.74) is 0. The molecule has 0 aromatic carbocycles. The SMILES string of the molecule is CCCCCCCOCC(COCCCCCCCC/C=C\CCCCC(C)C(=O)O)N(C)C. The van der Waals surface area contributed by atoms with E-state index in [1.54, 1.807) is 6.92 Å². The highest BCUT2D eigenvalue weighted by Gasteiger charge is 2.12. The quantitative estimate of drug-likeness (QED) is 0.102. The molecule has 0 radical (unpaired) electrons. The summed E-state index contributed by atoms with van der Waals surface area (Å²) in [6.07, 6.45) is 23.7. The molecule has 0 spiro atoms. The Bertz CT molecular complexity index is 467. The van der Waals surface area contributed by atoms with Crippen LogP contribution in [0.25, 0.3) is 0 Å². The predicted molar refractivity (Wildman–Crippen MR) is 145 cm³/mol. The van der Waals surface area contributed by atoms with Crippen molar-refractivity contribution >= 4 is 5.97 Å². The lowest BCUT2D eigenvalue weighted by molar-refractivity contribution is -0.141. The van der Waals surface area contributed by atoms with E-state index in [-0.39, 0.29) is 5.92 Å². The number of allylic oxidation sites excluding steroid dienone is 2. The van der Waals surface area contributed by atoms with E-state index in [0.717, 1.165) is 58.5 Å². The van der Waals surface area contributed by atoms with Gasteiger partial charge >= 0.3 is 5.97 Å². The van der Waals surface area contributed by atoms with Crippen LogP contribution in [0, 0.1) is 5.92 Å². The van der Waals surface area contributed by atoms with Crippen molar-refractivity contribution in [1.82, 2.24) is 4.90 Å². The van der Waals surface area contributed by atoms with Crippen LogP contribution in [0.15, 0.2) is 12.2 Å². The maximum absolute atomic E-state index is 10.8. The summed E-state index contributed by atoms with van der Waals surface area (Å²) >= 11 is 0. The largest absolute Gasteiger partial charge is 0.481 e. The van der Waals surface area contributed by atoms with Crippen molar-refractivity contribution in [2.75, 3.05) is 40.5 Å². The molecule has 0 aliphatic carbocycles. The van der Waals surface area contributed by atoms with E-state index in [1.807, 2.05) is 0 Å². The maximum atomic E-state index is 10.8. The molecule has 0 bridgehead atoms. The number of carboxylic acid groups (broad SMARTS) is 1. The van der Waals surface area contributed by atoms with Gasteiger partial charge in [-0.2, -0.15) is 0 Å². The fourth-order valence-corrected chi connectivity index (χ4v) is 3.84. The van der Waals surface area contributed by atoms with E-state index < -0.39 is 5.97 Å². The first-order chi connectivity index (χ1) is 16.5. The fraction of sp³-hybridized carbons (Fsp3) is 0.897. The molecule has 0 aromatic heterocycles. The van der Waals surface area contributed by atoms with Gasteiger partial charge in [0.05, 0.1) is 25.2 Å². The van der Waals surface area contributed by atoms with Crippen molar-refractivity contribution in [3.8, 4) is 0 Å². The van der Waals surface area contributed by atoms with Crippen LogP contribution in [0.1, 0.15) is 117 Å². The van der Waals surface area contributed by atoms with Crippen molar-refractivity contribution in [2.24, 2.45) is 5.92 Å².